The molecule has 0 aliphatic carbocycles. The van der Waals surface area contributed by atoms with E-state index in [0.29, 0.717) is 12.5 Å². The van der Waals surface area contributed by atoms with Crippen molar-refractivity contribution >= 4 is 12.6 Å². The van der Waals surface area contributed by atoms with E-state index < -0.39 is 0 Å². The van der Waals surface area contributed by atoms with Crippen LogP contribution >= 0.6 is 12.6 Å². The van der Waals surface area contributed by atoms with Crippen LogP contribution < -0.4 is 4.74 Å². The smallest absolute Gasteiger partial charge is 0.137 e. The van der Waals surface area contributed by atoms with Crippen molar-refractivity contribution in [2.45, 2.75) is 38.4 Å². The highest BCUT2D eigenvalue weighted by molar-refractivity contribution is 7.81. The van der Waals surface area contributed by atoms with Gasteiger partial charge in [-0.2, -0.15) is 12.6 Å². The zero-order valence-electron chi connectivity index (χ0n) is 12.6. The van der Waals surface area contributed by atoms with Gasteiger partial charge < -0.3 is 9.30 Å². The van der Waals surface area contributed by atoms with Crippen molar-refractivity contribution in [2.75, 3.05) is 6.61 Å². The monoisotopic (exact) mass is 289 g/mol. The Morgan fingerprint density at radius 3 is 2.45 bits per heavy atom. The van der Waals surface area contributed by atoms with E-state index >= 15 is 0 Å². The number of thiol groups is 1. The highest BCUT2D eigenvalue weighted by Gasteiger charge is 2.26. The van der Waals surface area contributed by atoms with Gasteiger partial charge in [-0.05, 0) is 19.1 Å². The second-order valence-corrected chi connectivity index (χ2v) is 6.77. The number of benzene rings is 1. The maximum absolute atomic E-state index is 5.67. The second kappa shape index (κ2) is 5.96. The molecule has 0 aliphatic heterocycles. The first-order chi connectivity index (χ1) is 9.43. The predicted molar refractivity (Wildman–Crippen MR) is 88.4 cm³/mol. The molecule has 1 atom stereocenters. The average molecular weight is 289 g/mol. The van der Waals surface area contributed by atoms with Crippen molar-refractivity contribution < 1.29 is 4.74 Å². The SMILES string of the molecule is CCOc1cc(C(C)C(C)(C)S)n(-c2ccccc2)c1. The van der Waals surface area contributed by atoms with Crippen LogP contribution in [0.15, 0.2) is 42.6 Å². The third-order valence-electron chi connectivity index (χ3n) is 3.67. The number of ether oxygens (including phenoxy) is 1. The molecule has 0 bridgehead atoms. The van der Waals surface area contributed by atoms with Crippen LogP contribution in [-0.2, 0) is 0 Å². The van der Waals surface area contributed by atoms with E-state index in [1.54, 1.807) is 0 Å². The maximum atomic E-state index is 5.67. The van der Waals surface area contributed by atoms with Crippen molar-refractivity contribution in [3.05, 3.63) is 48.3 Å². The minimum atomic E-state index is -0.0889. The summed E-state index contributed by atoms with van der Waals surface area (Å²) < 4.78 is 7.78. The molecule has 0 saturated heterocycles. The lowest BCUT2D eigenvalue weighted by molar-refractivity contribution is 0.340. The second-order valence-electron chi connectivity index (χ2n) is 5.61. The Morgan fingerprint density at radius 1 is 1.25 bits per heavy atom. The van der Waals surface area contributed by atoms with Crippen molar-refractivity contribution in [3.63, 3.8) is 0 Å². The lowest BCUT2D eigenvalue weighted by atomic mass is 9.93. The van der Waals surface area contributed by atoms with E-state index in [4.69, 9.17) is 17.4 Å². The summed E-state index contributed by atoms with van der Waals surface area (Å²) in [5, 5.41) is 0. The molecule has 20 heavy (non-hydrogen) atoms. The fraction of sp³-hybridized carbons (Fsp3) is 0.412. The Kier molecular flexibility index (Phi) is 4.48. The average Bonchev–Trinajstić information content (AvgIpc) is 2.82. The van der Waals surface area contributed by atoms with E-state index in [-0.39, 0.29) is 4.75 Å². The van der Waals surface area contributed by atoms with E-state index in [9.17, 15) is 0 Å². The van der Waals surface area contributed by atoms with Crippen LogP contribution in [0.5, 0.6) is 5.75 Å². The third-order valence-corrected chi connectivity index (χ3v) is 4.06. The number of nitrogens with zero attached hydrogens (tertiary/aromatic N) is 1. The van der Waals surface area contributed by atoms with Gasteiger partial charge in [0.2, 0.25) is 0 Å². The van der Waals surface area contributed by atoms with Crippen LogP contribution in [0.2, 0.25) is 0 Å². The number of rotatable bonds is 5. The molecule has 1 aromatic heterocycles. The first kappa shape index (κ1) is 15.0. The number of hydrogen-bond acceptors (Lipinski definition) is 2. The lowest BCUT2D eigenvalue weighted by Crippen LogP contribution is -2.22. The van der Waals surface area contributed by atoms with Gasteiger partial charge in [0.25, 0.3) is 0 Å². The lowest BCUT2D eigenvalue weighted by Gasteiger charge is -2.27. The van der Waals surface area contributed by atoms with Crippen molar-refractivity contribution in [3.8, 4) is 11.4 Å². The summed E-state index contributed by atoms with van der Waals surface area (Å²) in [6.07, 6.45) is 2.06. The molecular formula is C17H23NOS. The van der Waals surface area contributed by atoms with Crippen LogP contribution in [0.1, 0.15) is 39.3 Å². The van der Waals surface area contributed by atoms with Gasteiger partial charge in [-0.1, -0.05) is 39.0 Å². The fourth-order valence-electron chi connectivity index (χ4n) is 2.21. The van der Waals surface area contributed by atoms with Crippen LogP contribution in [0.3, 0.4) is 0 Å². The van der Waals surface area contributed by atoms with E-state index in [1.165, 1.54) is 5.69 Å². The van der Waals surface area contributed by atoms with Crippen LogP contribution in [0.25, 0.3) is 5.69 Å². The van der Waals surface area contributed by atoms with Gasteiger partial charge in [0.15, 0.2) is 0 Å². The van der Waals surface area contributed by atoms with Gasteiger partial charge >= 0.3 is 0 Å². The zero-order valence-corrected chi connectivity index (χ0v) is 13.5. The predicted octanol–water partition coefficient (Wildman–Crippen LogP) is 4.69. The minimum absolute atomic E-state index is 0.0889. The molecule has 0 fully saturated rings. The first-order valence-corrected chi connectivity index (χ1v) is 7.51. The standard InChI is InChI=1S/C17H23NOS/c1-5-19-15-11-16(13(2)17(3,4)20)18(12-15)14-9-7-6-8-10-14/h6-13,20H,5H2,1-4H3. The first-order valence-electron chi connectivity index (χ1n) is 7.06. The molecular weight excluding hydrogens is 266 g/mol. The molecule has 2 aromatic rings. The quantitative estimate of drug-likeness (QED) is 0.789. The summed E-state index contributed by atoms with van der Waals surface area (Å²) in [5.74, 6) is 1.22. The molecule has 0 saturated carbocycles. The fourth-order valence-corrected chi connectivity index (χ4v) is 2.34. The molecule has 1 unspecified atom stereocenters. The van der Waals surface area contributed by atoms with Gasteiger partial charge in [-0.25, -0.2) is 0 Å². The Labute approximate surface area is 127 Å². The molecule has 2 nitrogen and oxygen atoms in total. The van der Waals surface area contributed by atoms with Crippen molar-refractivity contribution in [2.24, 2.45) is 0 Å². The van der Waals surface area contributed by atoms with Gasteiger partial charge in [0.1, 0.15) is 5.75 Å². The molecule has 0 N–H and O–H groups in total. The zero-order chi connectivity index (χ0) is 14.8. The number of para-hydroxylation sites is 1. The van der Waals surface area contributed by atoms with Gasteiger partial charge in [0.05, 0.1) is 12.8 Å². The van der Waals surface area contributed by atoms with Gasteiger partial charge in [0, 0.05) is 28.1 Å². The summed E-state index contributed by atoms with van der Waals surface area (Å²) >= 11 is 4.73. The molecule has 3 heteroatoms. The molecule has 1 heterocycles. The van der Waals surface area contributed by atoms with Crippen molar-refractivity contribution in [1.29, 1.82) is 0 Å². The normalized spacial score (nSPS) is 13.2. The number of aromatic nitrogens is 1. The third kappa shape index (κ3) is 3.21. The van der Waals surface area contributed by atoms with E-state index in [1.807, 2.05) is 13.0 Å². The molecule has 0 amide bonds. The molecule has 0 spiro atoms. The minimum Gasteiger partial charge on any atom is -0.492 e. The van der Waals surface area contributed by atoms with Crippen LogP contribution in [-0.4, -0.2) is 15.9 Å². The highest BCUT2D eigenvalue weighted by Crippen LogP contribution is 2.36. The topological polar surface area (TPSA) is 14.2 Å². The summed E-state index contributed by atoms with van der Waals surface area (Å²) in [6, 6.07) is 12.5. The largest absolute Gasteiger partial charge is 0.492 e. The molecule has 1 aromatic carbocycles. The Hall–Kier alpha value is -1.35. The summed E-state index contributed by atoms with van der Waals surface area (Å²) in [5.41, 5.74) is 2.37. The Morgan fingerprint density at radius 2 is 1.90 bits per heavy atom. The van der Waals surface area contributed by atoms with Gasteiger partial charge in [-0.3, -0.25) is 0 Å². The van der Waals surface area contributed by atoms with Crippen LogP contribution in [0.4, 0.5) is 0 Å². The van der Waals surface area contributed by atoms with Gasteiger partial charge in [-0.15, -0.1) is 0 Å². The summed E-state index contributed by atoms with van der Waals surface area (Å²) in [4.78, 5) is 0. The summed E-state index contributed by atoms with van der Waals surface area (Å²) in [6.45, 7) is 9.17. The number of hydrogen-bond donors (Lipinski definition) is 1. The Balaban J connectivity index is 2.49. The molecule has 2 rings (SSSR count). The van der Waals surface area contributed by atoms with Crippen LogP contribution in [0, 0.1) is 0 Å². The Bertz CT molecular complexity index is 554. The molecule has 0 radical (unpaired) electrons. The maximum Gasteiger partial charge on any atom is 0.137 e. The van der Waals surface area contributed by atoms with E-state index in [2.05, 4.69) is 61.9 Å². The highest BCUT2D eigenvalue weighted by atomic mass is 32.1. The van der Waals surface area contributed by atoms with Crippen molar-refractivity contribution in [1.82, 2.24) is 4.57 Å². The molecule has 0 aliphatic rings. The van der Waals surface area contributed by atoms with E-state index in [0.717, 1.165) is 11.4 Å². The summed E-state index contributed by atoms with van der Waals surface area (Å²) in [7, 11) is 0. The molecule has 108 valence electrons.